The van der Waals surface area contributed by atoms with Gasteiger partial charge in [-0.2, -0.15) is 0 Å². The lowest BCUT2D eigenvalue weighted by Gasteiger charge is -2.29. The molecule has 2 aromatic rings. The maximum atomic E-state index is 13.4. The maximum Gasteiger partial charge on any atom is 0.294 e. The summed E-state index contributed by atoms with van der Waals surface area (Å²) in [5.74, 6) is -2.75. The van der Waals surface area contributed by atoms with E-state index in [-0.39, 0.29) is 5.57 Å². The van der Waals surface area contributed by atoms with Crippen LogP contribution in [0.4, 0.5) is 14.5 Å². The first-order chi connectivity index (χ1) is 12.6. The number of aliphatic hydroxyl groups is 1. The van der Waals surface area contributed by atoms with Crippen LogP contribution in [0, 0.1) is 17.0 Å². The maximum absolute atomic E-state index is 13.4. The second kappa shape index (κ2) is 6.61. The third-order valence-corrected chi connectivity index (χ3v) is 4.42. The van der Waals surface area contributed by atoms with Crippen molar-refractivity contribution in [1.29, 1.82) is 0 Å². The molecule has 1 N–H and O–H groups in total. The van der Waals surface area contributed by atoms with Crippen LogP contribution in [0.1, 0.15) is 32.4 Å². The Morgan fingerprint density at radius 1 is 0.963 bits per heavy atom. The van der Waals surface area contributed by atoms with Gasteiger partial charge in [0.2, 0.25) is 0 Å². The Balaban J connectivity index is 2.19. The van der Waals surface area contributed by atoms with Gasteiger partial charge in [-0.3, -0.25) is 14.5 Å². The van der Waals surface area contributed by atoms with E-state index in [1.807, 2.05) is 0 Å². The molecule has 0 spiro atoms. The summed E-state index contributed by atoms with van der Waals surface area (Å²) in [6, 6.07) is 9.57. The van der Waals surface area contributed by atoms with Gasteiger partial charge in [0.05, 0.1) is 11.6 Å². The Morgan fingerprint density at radius 3 is 1.93 bits per heavy atom. The van der Waals surface area contributed by atoms with Crippen LogP contribution in [0.3, 0.4) is 0 Å². The van der Waals surface area contributed by atoms with Gasteiger partial charge >= 0.3 is 0 Å². The highest BCUT2D eigenvalue weighted by Gasteiger charge is 2.46. The Kier molecular flexibility index (Phi) is 4.59. The van der Waals surface area contributed by atoms with E-state index in [1.165, 1.54) is 53.4 Å². The molecule has 1 heterocycles. The number of Topliss-reactive ketones (excluding diaryl/α,β-unsaturated/α-hetero) is 1. The van der Waals surface area contributed by atoms with Gasteiger partial charge in [0.1, 0.15) is 11.6 Å². The normalized spacial score (nSPS) is 17.6. The van der Waals surface area contributed by atoms with Crippen LogP contribution in [-0.4, -0.2) is 16.8 Å². The summed E-state index contributed by atoms with van der Waals surface area (Å²) in [7, 11) is 0. The molecule has 1 atom stereocenters. The number of carbonyl (C=O) groups excluding carboxylic acids is 2. The molecule has 1 amide bonds. The molecule has 0 radical (unpaired) electrons. The topological polar surface area (TPSA) is 57.6 Å². The standard InChI is InChI=1S/C21H19F2NO3/c1-21(2,3)19(26)16-17(12-4-6-13(22)7-5-12)24(20(27)18(16)25)15-10-8-14(23)9-11-15/h4-11,17,25H,1-3H3. The fourth-order valence-corrected chi connectivity index (χ4v) is 3.07. The Hall–Kier alpha value is -3.02. The average molecular weight is 371 g/mol. The van der Waals surface area contributed by atoms with Crippen LogP contribution >= 0.6 is 0 Å². The molecule has 0 fully saturated rings. The van der Waals surface area contributed by atoms with Gasteiger partial charge in [0.15, 0.2) is 11.5 Å². The summed E-state index contributed by atoms with van der Waals surface area (Å²) in [6.45, 7) is 5.05. The molecule has 0 aliphatic carbocycles. The van der Waals surface area contributed by atoms with Crippen LogP contribution in [0.2, 0.25) is 0 Å². The number of amides is 1. The number of carbonyl (C=O) groups is 2. The lowest BCUT2D eigenvalue weighted by Crippen LogP contribution is -2.32. The van der Waals surface area contributed by atoms with Crippen molar-refractivity contribution in [2.75, 3.05) is 4.90 Å². The quantitative estimate of drug-likeness (QED) is 0.865. The van der Waals surface area contributed by atoms with E-state index in [0.29, 0.717) is 11.3 Å². The second-order valence-corrected chi connectivity index (χ2v) is 7.45. The van der Waals surface area contributed by atoms with Gasteiger partial charge in [-0.1, -0.05) is 32.9 Å². The molecule has 27 heavy (non-hydrogen) atoms. The molecule has 3 rings (SSSR count). The number of nitrogens with zero attached hydrogens (tertiary/aromatic N) is 1. The van der Waals surface area contributed by atoms with Crippen LogP contribution in [-0.2, 0) is 9.59 Å². The minimum absolute atomic E-state index is 0.0524. The summed E-state index contributed by atoms with van der Waals surface area (Å²) >= 11 is 0. The van der Waals surface area contributed by atoms with E-state index >= 15 is 0 Å². The van der Waals surface area contributed by atoms with Crippen LogP contribution in [0.25, 0.3) is 0 Å². The summed E-state index contributed by atoms with van der Waals surface area (Å²) in [5, 5.41) is 10.5. The number of anilines is 1. The third kappa shape index (κ3) is 3.35. The fraction of sp³-hybridized carbons (Fsp3) is 0.238. The first-order valence-corrected chi connectivity index (χ1v) is 8.44. The van der Waals surface area contributed by atoms with Crippen molar-refractivity contribution in [2.45, 2.75) is 26.8 Å². The zero-order valence-corrected chi connectivity index (χ0v) is 15.2. The van der Waals surface area contributed by atoms with E-state index < -0.39 is 40.5 Å². The first kappa shape index (κ1) is 18.8. The lowest BCUT2D eigenvalue weighted by molar-refractivity contribution is -0.123. The average Bonchev–Trinajstić information content (AvgIpc) is 2.86. The van der Waals surface area contributed by atoms with Crippen molar-refractivity contribution < 1.29 is 23.5 Å². The monoisotopic (exact) mass is 371 g/mol. The molecular weight excluding hydrogens is 352 g/mol. The molecule has 1 aliphatic heterocycles. The highest BCUT2D eigenvalue weighted by Crippen LogP contribution is 2.43. The molecule has 0 saturated carbocycles. The minimum atomic E-state index is -0.935. The second-order valence-electron chi connectivity index (χ2n) is 7.45. The van der Waals surface area contributed by atoms with E-state index in [4.69, 9.17) is 0 Å². The van der Waals surface area contributed by atoms with Gasteiger partial charge in [-0.05, 0) is 42.0 Å². The van der Waals surface area contributed by atoms with Crippen LogP contribution in [0.15, 0.2) is 59.9 Å². The number of hydrogen-bond donors (Lipinski definition) is 1. The largest absolute Gasteiger partial charge is 0.503 e. The smallest absolute Gasteiger partial charge is 0.294 e. The Labute approximate surface area is 155 Å². The third-order valence-electron chi connectivity index (χ3n) is 4.42. The Bertz CT molecular complexity index is 925. The van der Waals surface area contributed by atoms with Crippen LogP contribution < -0.4 is 4.90 Å². The molecule has 0 bridgehead atoms. The van der Waals surface area contributed by atoms with Gasteiger partial charge in [-0.15, -0.1) is 0 Å². The fourth-order valence-electron chi connectivity index (χ4n) is 3.07. The lowest BCUT2D eigenvalue weighted by atomic mass is 9.82. The number of benzene rings is 2. The molecule has 1 unspecified atom stereocenters. The summed E-state index contributed by atoms with van der Waals surface area (Å²) in [4.78, 5) is 27.0. The predicted molar refractivity (Wildman–Crippen MR) is 97.1 cm³/mol. The van der Waals surface area contributed by atoms with Gasteiger partial charge in [0.25, 0.3) is 5.91 Å². The zero-order chi connectivity index (χ0) is 19.9. The number of aliphatic hydroxyl groups excluding tert-OH is 1. The molecule has 140 valence electrons. The van der Waals surface area contributed by atoms with Gasteiger partial charge in [0, 0.05) is 11.1 Å². The van der Waals surface area contributed by atoms with E-state index in [2.05, 4.69) is 0 Å². The number of hydrogen-bond acceptors (Lipinski definition) is 3. The highest BCUT2D eigenvalue weighted by atomic mass is 19.1. The number of rotatable bonds is 3. The summed E-state index contributed by atoms with van der Waals surface area (Å²) in [6.07, 6.45) is 0. The molecule has 1 aliphatic rings. The molecule has 0 saturated heterocycles. The zero-order valence-electron chi connectivity index (χ0n) is 15.2. The molecule has 6 heteroatoms. The highest BCUT2D eigenvalue weighted by molar-refractivity contribution is 6.17. The summed E-state index contributed by atoms with van der Waals surface area (Å²) < 4.78 is 26.7. The van der Waals surface area contributed by atoms with Gasteiger partial charge < -0.3 is 5.11 Å². The molecular formula is C21H19F2NO3. The summed E-state index contributed by atoms with van der Waals surface area (Å²) in [5.41, 5.74) is -0.117. The Morgan fingerprint density at radius 2 is 1.44 bits per heavy atom. The minimum Gasteiger partial charge on any atom is -0.503 e. The van der Waals surface area contributed by atoms with Crippen molar-refractivity contribution in [2.24, 2.45) is 5.41 Å². The van der Waals surface area contributed by atoms with Crippen molar-refractivity contribution >= 4 is 17.4 Å². The molecule has 0 aromatic heterocycles. The predicted octanol–water partition coefficient (Wildman–Crippen LogP) is 4.48. The first-order valence-electron chi connectivity index (χ1n) is 8.44. The van der Waals surface area contributed by atoms with Crippen molar-refractivity contribution in [3.63, 3.8) is 0 Å². The van der Waals surface area contributed by atoms with Crippen LogP contribution in [0.5, 0.6) is 0 Å². The molecule has 4 nitrogen and oxygen atoms in total. The number of ketones is 1. The number of halogens is 2. The van der Waals surface area contributed by atoms with Gasteiger partial charge in [-0.25, -0.2) is 8.78 Å². The molecule has 2 aromatic carbocycles. The van der Waals surface area contributed by atoms with E-state index in [1.54, 1.807) is 20.8 Å². The van der Waals surface area contributed by atoms with Crippen molar-refractivity contribution in [3.05, 3.63) is 77.1 Å². The van der Waals surface area contributed by atoms with Crippen molar-refractivity contribution in [3.8, 4) is 0 Å². The van der Waals surface area contributed by atoms with E-state index in [0.717, 1.165) is 0 Å². The SMILES string of the molecule is CC(C)(C)C(=O)C1=C(O)C(=O)N(c2ccc(F)cc2)C1c1ccc(F)cc1. The van der Waals surface area contributed by atoms with E-state index in [9.17, 15) is 23.5 Å². The van der Waals surface area contributed by atoms with Crippen molar-refractivity contribution in [1.82, 2.24) is 0 Å².